The van der Waals surface area contributed by atoms with Crippen LogP contribution < -0.4 is 19.9 Å². The number of rotatable bonds is 4. The van der Waals surface area contributed by atoms with Crippen molar-refractivity contribution in [2.45, 2.75) is 12.6 Å². The first-order chi connectivity index (χ1) is 10.3. The number of para-hydroxylation sites is 1. The largest absolute Gasteiger partial charge is 0.485 e. The van der Waals surface area contributed by atoms with Gasteiger partial charge in [0.15, 0.2) is 11.5 Å². The molecule has 21 heavy (non-hydrogen) atoms. The second-order valence-electron chi connectivity index (χ2n) is 4.58. The minimum Gasteiger partial charge on any atom is -0.485 e. The SMILES string of the molecule is N#CC(N)c1ccccc1COc1cccc2c1OCO2. The molecule has 0 aromatic heterocycles. The van der Waals surface area contributed by atoms with Crippen LogP contribution in [0.25, 0.3) is 0 Å². The second-order valence-corrected chi connectivity index (χ2v) is 4.58. The third-order valence-corrected chi connectivity index (χ3v) is 3.27. The lowest BCUT2D eigenvalue weighted by Crippen LogP contribution is -2.11. The van der Waals surface area contributed by atoms with Gasteiger partial charge in [-0.1, -0.05) is 30.3 Å². The Balaban J connectivity index is 1.80. The minimum absolute atomic E-state index is 0.200. The van der Waals surface area contributed by atoms with Crippen LogP contribution in [-0.4, -0.2) is 6.79 Å². The predicted molar refractivity (Wildman–Crippen MR) is 75.9 cm³/mol. The number of nitrogens with zero attached hydrogens (tertiary/aromatic N) is 1. The maximum atomic E-state index is 8.97. The Kier molecular flexibility index (Phi) is 3.63. The van der Waals surface area contributed by atoms with E-state index in [9.17, 15) is 0 Å². The molecule has 1 aliphatic heterocycles. The van der Waals surface area contributed by atoms with Crippen molar-refractivity contribution < 1.29 is 14.2 Å². The molecule has 0 spiro atoms. The Labute approximate surface area is 122 Å². The molecule has 2 N–H and O–H groups in total. The van der Waals surface area contributed by atoms with Gasteiger partial charge in [0.05, 0.1) is 6.07 Å². The summed E-state index contributed by atoms with van der Waals surface area (Å²) in [6, 6.07) is 14.3. The van der Waals surface area contributed by atoms with Crippen LogP contribution in [0.5, 0.6) is 17.2 Å². The van der Waals surface area contributed by atoms with Crippen LogP contribution >= 0.6 is 0 Å². The Bertz CT molecular complexity index is 694. The van der Waals surface area contributed by atoms with E-state index in [0.29, 0.717) is 23.9 Å². The molecule has 1 atom stereocenters. The maximum Gasteiger partial charge on any atom is 0.231 e. The van der Waals surface area contributed by atoms with E-state index in [2.05, 4.69) is 0 Å². The lowest BCUT2D eigenvalue weighted by atomic mass is 10.0. The zero-order valence-electron chi connectivity index (χ0n) is 11.3. The normalized spacial score (nSPS) is 13.5. The number of nitrogens with two attached hydrogens (primary N) is 1. The van der Waals surface area contributed by atoms with Crippen molar-refractivity contribution >= 4 is 0 Å². The van der Waals surface area contributed by atoms with Crippen LogP contribution in [-0.2, 0) is 6.61 Å². The summed E-state index contributed by atoms with van der Waals surface area (Å²) in [7, 11) is 0. The molecule has 2 aromatic carbocycles. The summed E-state index contributed by atoms with van der Waals surface area (Å²) in [5.74, 6) is 1.90. The molecule has 3 rings (SSSR count). The van der Waals surface area contributed by atoms with Crippen molar-refractivity contribution in [2.24, 2.45) is 5.73 Å². The molecule has 0 saturated carbocycles. The Morgan fingerprint density at radius 1 is 1.19 bits per heavy atom. The van der Waals surface area contributed by atoms with Crippen molar-refractivity contribution in [3.05, 3.63) is 53.6 Å². The molecule has 0 radical (unpaired) electrons. The van der Waals surface area contributed by atoms with E-state index < -0.39 is 6.04 Å². The van der Waals surface area contributed by atoms with E-state index in [4.69, 9.17) is 25.2 Å². The summed E-state index contributed by atoms with van der Waals surface area (Å²) in [5.41, 5.74) is 7.44. The molecule has 0 fully saturated rings. The molecule has 2 aromatic rings. The highest BCUT2D eigenvalue weighted by molar-refractivity contribution is 5.52. The topological polar surface area (TPSA) is 77.5 Å². The van der Waals surface area contributed by atoms with Crippen LogP contribution in [0.2, 0.25) is 0 Å². The van der Waals surface area contributed by atoms with E-state index in [1.165, 1.54) is 0 Å². The molecule has 1 aliphatic rings. The smallest absolute Gasteiger partial charge is 0.231 e. The van der Waals surface area contributed by atoms with Crippen molar-refractivity contribution in [2.75, 3.05) is 6.79 Å². The van der Waals surface area contributed by atoms with Crippen LogP contribution in [0.1, 0.15) is 17.2 Å². The van der Waals surface area contributed by atoms with Gasteiger partial charge in [-0.05, 0) is 23.3 Å². The standard InChI is InChI=1S/C16H14N2O3/c17-8-13(18)12-5-2-1-4-11(12)9-19-14-6-3-7-15-16(14)21-10-20-15/h1-7,13H,9-10,18H2. The molecular weight excluding hydrogens is 268 g/mol. The number of fused-ring (bicyclic) bond motifs is 1. The van der Waals surface area contributed by atoms with Gasteiger partial charge >= 0.3 is 0 Å². The van der Waals surface area contributed by atoms with Crippen LogP contribution in [0.15, 0.2) is 42.5 Å². The van der Waals surface area contributed by atoms with E-state index in [-0.39, 0.29) is 6.79 Å². The average Bonchev–Trinajstić information content (AvgIpc) is 3.01. The Morgan fingerprint density at radius 2 is 2.05 bits per heavy atom. The van der Waals surface area contributed by atoms with Crippen molar-refractivity contribution in [3.63, 3.8) is 0 Å². The van der Waals surface area contributed by atoms with Gasteiger partial charge in [0, 0.05) is 0 Å². The number of nitriles is 1. The molecule has 5 nitrogen and oxygen atoms in total. The Morgan fingerprint density at radius 3 is 2.90 bits per heavy atom. The van der Waals surface area contributed by atoms with Crippen molar-refractivity contribution in [3.8, 4) is 23.3 Å². The lowest BCUT2D eigenvalue weighted by molar-refractivity contribution is 0.169. The highest BCUT2D eigenvalue weighted by Gasteiger charge is 2.19. The summed E-state index contributed by atoms with van der Waals surface area (Å²) < 4.78 is 16.5. The highest BCUT2D eigenvalue weighted by Crippen LogP contribution is 2.40. The second kappa shape index (κ2) is 5.73. The average molecular weight is 282 g/mol. The zero-order valence-corrected chi connectivity index (χ0v) is 11.3. The van der Waals surface area contributed by atoms with Crippen LogP contribution in [0, 0.1) is 11.3 Å². The molecule has 5 heteroatoms. The fourth-order valence-corrected chi connectivity index (χ4v) is 2.21. The van der Waals surface area contributed by atoms with Gasteiger partial charge in [-0.15, -0.1) is 0 Å². The van der Waals surface area contributed by atoms with Gasteiger partial charge in [-0.2, -0.15) is 5.26 Å². The van der Waals surface area contributed by atoms with E-state index >= 15 is 0 Å². The number of hydrogen-bond donors (Lipinski definition) is 1. The lowest BCUT2D eigenvalue weighted by Gasteiger charge is -2.13. The fraction of sp³-hybridized carbons (Fsp3) is 0.188. The van der Waals surface area contributed by atoms with Crippen molar-refractivity contribution in [1.82, 2.24) is 0 Å². The molecule has 1 heterocycles. The van der Waals surface area contributed by atoms with Gasteiger partial charge < -0.3 is 19.9 Å². The van der Waals surface area contributed by atoms with Gasteiger partial charge in [-0.25, -0.2) is 0 Å². The van der Waals surface area contributed by atoms with Gasteiger partial charge in [-0.3, -0.25) is 0 Å². The molecule has 0 saturated heterocycles. The minimum atomic E-state index is -0.661. The van der Waals surface area contributed by atoms with E-state index in [1.54, 1.807) is 0 Å². The molecule has 0 amide bonds. The molecule has 0 aliphatic carbocycles. The summed E-state index contributed by atoms with van der Waals surface area (Å²) in [6.45, 7) is 0.511. The van der Waals surface area contributed by atoms with Gasteiger partial charge in [0.1, 0.15) is 12.6 Å². The Hall–Kier alpha value is -2.71. The molecule has 1 unspecified atom stereocenters. The van der Waals surface area contributed by atoms with Gasteiger partial charge in [0.2, 0.25) is 12.5 Å². The first-order valence-corrected chi connectivity index (χ1v) is 6.54. The van der Waals surface area contributed by atoms with Crippen molar-refractivity contribution in [1.29, 1.82) is 5.26 Å². The summed E-state index contributed by atoms with van der Waals surface area (Å²) >= 11 is 0. The number of ether oxygens (including phenoxy) is 3. The third kappa shape index (κ3) is 2.62. The predicted octanol–water partition coefficient (Wildman–Crippen LogP) is 2.52. The van der Waals surface area contributed by atoms with E-state index in [1.807, 2.05) is 48.5 Å². The molecule has 106 valence electrons. The number of hydrogen-bond acceptors (Lipinski definition) is 5. The third-order valence-electron chi connectivity index (χ3n) is 3.27. The fourth-order valence-electron chi connectivity index (χ4n) is 2.21. The summed E-state index contributed by atoms with van der Waals surface area (Å²) in [4.78, 5) is 0. The van der Waals surface area contributed by atoms with Gasteiger partial charge in [0.25, 0.3) is 0 Å². The van der Waals surface area contributed by atoms with Crippen LogP contribution in [0.4, 0.5) is 0 Å². The van der Waals surface area contributed by atoms with E-state index in [0.717, 1.165) is 11.1 Å². The summed E-state index contributed by atoms with van der Waals surface area (Å²) in [5, 5.41) is 8.97. The first kappa shape index (κ1) is 13.3. The number of benzene rings is 2. The molecular formula is C16H14N2O3. The van der Waals surface area contributed by atoms with Crippen LogP contribution in [0.3, 0.4) is 0 Å². The quantitative estimate of drug-likeness (QED) is 0.932. The zero-order chi connectivity index (χ0) is 14.7. The highest BCUT2D eigenvalue weighted by atomic mass is 16.7. The maximum absolute atomic E-state index is 8.97. The monoisotopic (exact) mass is 282 g/mol. The molecule has 0 bridgehead atoms. The first-order valence-electron chi connectivity index (χ1n) is 6.54. The summed E-state index contributed by atoms with van der Waals surface area (Å²) in [6.07, 6.45) is 0.